The van der Waals surface area contributed by atoms with Gasteiger partial charge >= 0.3 is 0 Å². The number of nitrogens with zero attached hydrogens (tertiary/aromatic N) is 4. The molecule has 2 aliphatic rings. The number of nitrogens with one attached hydrogen (secondary N) is 2. The molecule has 6 nitrogen and oxygen atoms in total. The Balaban J connectivity index is 1.73. The zero-order chi connectivity index (χ0) is 13.5. The molecule has 2 fully saturated rings. The summed E-state index contributed by atoms with van der Waals surface area (Å²) in [6.07, 6.45) is 7.14. The van der Waals surface area contributed by atoms with Crippen molar-refractivity contribution in [3.63, 3.8) is 0 Å². The molecule has 0 saturated heterocycles. The maximum Gasteiger partial charge on any atom is 0.226 e. The van der Waals surface area contributed by atoms with Gasteiger partial charge in [0.25, 0.3) is 0 Å². The number of fused-ring (bicyclic) bond motifs is 1. The summed E-state index contributed by atoms with van der Waals surface area (Å²) >= 11 is 0. The molecule has 20 heavy (non-hydrogen) atoms. The molecule has 0 atom stereocenters. The molecule has 2 aromatic rings. The molecule has 2 aromatic heterocycles. The Morgan fingerprint density at radius 2 is 1.90 bits per heavy atom. The van der Waals surface area contributed by atoms with Crippen molar-refractivity contribution >= 4 is 22.9 Å². The second-order valence-corrected chi connectivity index (χ2v) is 6.01. The van der Waals surface area contributed by atoms with Crippen molar-refractivity contribution in [1.82, 2.24) is 19.9 Å². The summed E-state index contributed by atoms with van der Waals surface area (Å²) < 4.78 is 0. The summed E-state index contributed by atoms with van der Waals surface area (Å²) in [4.78, 5) is 19.0. The van der Waals surface area contributed by atoms with Crippen LogP contribution in [0.1, 0.15) is 25.7 Å². The molecular formula is C14H20N6. The van der Waals surface area contributed by atoms with Gasteiger partial charge in [0.05, 0.1) is 6.33 Å². The molecule has 0 aliphatic heterocycles. The Bertz CT molecular complexity index is 599. The van der Waals surface area contributed by atoms with Crippen molar-refractivity contribution < 1.29 is 0 Å². The molecular weight excluding hydrogens is 252 g/mol. The number of H-pyrrole nitrogens is 1. The summed E-state index contributed by atoms with van der Waals surface area (Å²) in [6.45, 7) is 2.23. The molecule has 0 unspecified atom stereocenters. The quantitative estimate of drug-likeness (QED) is 0.842. The van der Waals surface area contributed by atoms with E-state index in [0.29, 0.717) is 5.95 Å². The lowest BCUT2D eigenvalue weighted by Gasteiger charge is -2.24. The number of aromatic nitrogens is 4. The van der Waals surface area contributed by atoms with E-state index in [9.17, 15) is 0 Å². The lowest BCUT2D eigenvalue weighted by molar-refractivity contribution is 0.673. The van der Waals surface area contributed by atoms with E-state index in [1.54, 1.807) is 6.33 Å². The molecule has 4 rings (SSSR count). The minimum Gasteiger partial charge on any atom is -0.357 e. The highest BCUT2D eigenvalue weighted by atomic mass is 15.3. The average molecular weight is 272 g/mol. The van der Waals surface area contributed by atoms with E-state index < -0.39 is 0 Å². The SMILES string of the molecule is CNc1nc(N(CC2CC2)CC2CC2)c2[nH]cnc2n1. The van der Waals surface area contributed by atoms with Gasteiger partial charge in [0.15, 0.2) is 11.5 Å². The molecule has 106 valence electrons. The molecule has 0 bridgehead atoms. The Morgan fingerprint density at radius 3 is 2.50 bits per heavy atom. The topological polar surface area (TPSA) is 69.7 Å². The minimum absolute atomic E-state index is 0.649. The summed E-state index contributed by atoms with van der Waals surface area (Å²) in [5, 5.41) is 3.04. The highest BCUT2D eigenvalue weighted by molar-refractivity contribution is 5.84. The summed E-state index contributed by atoms with van der Waals surface area (Å²) in [6, 6.07) is 0. The van der Waals surface area contributed by atoms with E-state index >= 15 is 0 Å². The van der Waals surface area contributed by atoms with Crippen LogP contribution >= 0.6 is 0 Å². The molecule has 0 spiro atoms. The zero-order valence-electron chi connectivity index (χ0n) is 11.8. The molecule has 0 radical (unpaired) electrons. The standard InChI is InChI=1S/C14H20N6/c1-15-14-18-12-11(16-8-17-12)13(19-14)20(6-9-2-3-9)7-10-4-5-10/h8-10H,2-7H2,1H3,(H2,15,16,17,18,19). The fourth-order valence-electron chi connectivity index (χ4n) is 2.63. The van der Waals surface area contributed by atoms with Crippen molar-refractivity contribution in [2.24, 2.45) is 11.8 Å². The van der Waals surface area contributed by atoms with E-state index in [1.165, 1.54) is 25.7 Å². The van der Waals surface area contributed by atoms with Crippen molar-refractivity contribution in [3.05, 3.63) is 6.33 Å². The molecule has 2 heterocycles. The second kappa shape index (κ2) is 4.61. The van der Waals surface area contributed by atoms with Crippen LogP contribution in [0.5, 0.6) is 0 Å². The third-order valence-corrected chi connectivity index (χ3v) is 4.14. The first-order chi connectivity index (χ1) is 9.83. The van der Waals surface area contributed by atoms with Crippen LogP contribution in [0, 0.1) is 11.8 Å². The molecule has 0 aromatic carbocycles. The summed E-state index contributed by atoms with van der Waals surface area (Å²) in [7, 11) is 1.85. The van der Waals surface area contributed by atoms with Gasteiger partial charge in [0.2, 0.25) is 5.95 Å². The highest BCUT2D eigenvalue weighted by Crippen LogP contribution is 2.36. The Labute approximate surface area is 118 Å². The summed E-state index contributed by atoms with van der Waals surface area (Å²) in [5.74, 6) is 3.35. The van der Waals surface area contributed by atoms with Crippen molar-refractivity contribution in [2.45, 2.75) is 25.7 Å². The Hall–Kier alpha value is -1.85. The lowest BCUT2D eigenvalue weighted by Crippen LogP contribution is -2.29. The highest BCUT2D eigenvalue weighted by Gasteiger charge is 2.31. The zero-order valence-corrected chi connectivity index (χ0v) is 11.8. The maximum atomic E-state index is 4.69. The maximum absolute atomic E-state index is 4.69. The van der Waals surface area contributed by atoms with E-state index in [4.69, 9.17) is 0 Å². The van der Waals surface area contributed by atoms with Crippen LogP contribution in [0.4, 0.5) is 11.8 Å². The third kappa shape index (κ3) is 2.30. The lowest BCUT2D eigenvalue weighted by atomic mass is 10.3. The second-order valence-electron chi connectivity index (χ2n) is 6.01. The van der Waals surface area contributed by atoms with Crippen molar-refractivity contribution in [3.8, 4) is 0 Å². The van der Waals surface area contributed by atoms with Gasteiger partial charge in [-0.2, -0.15) is 9.97 Å². The molecule has 2 aliphatic carbocycles. The van der Waals surface area contributed by atoms with Gasteiger partial charge in [0, 0.05) is 20.1 Å². The predicted octanol–water partition coefficient (Wildman–Crippen LogP) is 2.02. The fourth-order valence-corrected chi connectivity index (χ4v) is 2.63. The molecule has 2 N–H and O–H groups in total. The molecule has 2 saturated carbocycles. The average Bonchev–Trinajstić information content (AvgIpc) is 3.38. The van der Waals surface area contributed by atoms with Crippen LogP contribution in [-0.2, 0) is 0 Å². The minimum atomic E-state index is 0.649. The number of hydrogen-bond donors (Lipinski definition) is 2. The van der Waals surface area contributed by atoms with Gasteiger partial charge in [-0.25, -0.2) is 4.98 Å². The van der Waals surface area contributed by atoms with E-state index in [1.807, 2.05) is 7.05 Å². The van der Waals surface area contributed by atoms with Gasteiger partial charge in [0.1, 0.15) is 5.52 Å². The first-order valence-electron chi connectivity index (χ1n) is 7.47. The van der Waals surface area contributed by atoms with Crippen molar-refractivity contribution in [2.75, 3.05) is 30.4 Å². The fraction of sp³-hybridized carbons (Fsp3) is 0.643. The van der Waals surface area contributed by atoms with Crippen LogP contribution in [0.25, 0.3) is 11.2 Å². The summed E-state index contributed by atoms with van der Waals surface area (Å²) in [5.41, 5.74) is 1.71. The smallest absolute Gasteiger partial charge is 0.226 e. The number of imidazole rings is 1. The predicted molar refractivity (Wildman–Crippen MR) is 78.9 cm³/mol. The first-order valence-corrected chi connectivity index (χ1v) is 7.47. The van der Waals surface area contributed by atoms with Crippen LogP contribution in [0.3, 0.4) is 0 Å². The molecule has 6 heteroatoms. The van der Waals surface area contributed by atoms with Crippen LogP contribution in [0.15, 0.2) is 6.33 Å². The largest absolute Gasteiger partial charge is 0.357 e. The number of anilines is 2. The van der Waals surface area contributed by atoms with E-state index in [0.717, 1.165) is 41.9 Å². The number of rotatable bonds is 6. The first kappa shape index (κ1) is 11.9. The van der Waals surface area contributed by atoms with Gasteiger partial charge in [-0.1, -0.05) is 0 Å². The molecule has 0 amide bonds. The monoisotopic (exact) mass is 272 g/mol. The van der Waals surface area contributed by atoms with Gasteiger partial charge in [-0.15, -0.1) is 0 Å². The van der Waals surface area contributed by atoms with Crippen LogP contribution in [-0.4, -0.2) is 40.1 Å². The van der Waals surface area contributed by atoms with Gasteiger partial charge < -0.3 is 15.2 Å². The van der Waals surface area contributed by atoms with Gasteiger partial charge in [-0.05, 0) is 37.5 Å². The Morgan fingerprint density at radius 1 is 1.20 bits per heavy atom. The van der Waals surface area contributed by atoms with Crippen molar-refractivity contribution in [1.29, 1.82) is 0 Å². The Kier molecular flexibility index (Phi) is 2.75. The van der Waals surface area contributed by atoms with Crippen LogP contribution in [0.2, 0.25) is 0 Å². The van der Waals surface area contributed by atoms with Crippen LogP contribution < -0.4 is 10.2 Å². The number of hydrogen-bond acceptors (Lipinski definition) is 5. The van der Waals surface area contributed by atoms with E-state index in [-0.39, 0.29) is 0 Å². The van der Waals surface area contributed by atoms with Gasteiger partial charge in [-0.3, -0.25) is 0 Å². The number of aromatic amines is 1. The van der Waals surface area contributed by atoms with E-state index in [2.05, 4.69) is 30.2 Å². The normalized spacial score (nSPS) is 18.4. The third-order valence-electron chi connectivity index (χ3n) is 4.14.